The van der Waals surface area contributed by atoms with Crippen LogP contribution in [0, 0.1) is 23.2 Å². The molecular weight excluding hydrogens is 164 g/mol. The number of likely N-dealkylation sites (tertiary alicyclic amines) is 1. The van der Waals surface area contributed by atoms with Crippen molar-refractivity contribution in [3.8, 4) is 6.07 Å². The average Bonchev–Trinajstić information content (AvgIpc) is 2.97. The van der Waals surface area contributed by atoms with E-state index in [0.29, 0.717) is 18.6 Å². The van der Waals surface area contributed by atoms with E-state index in [1.54, 1.807) is 0 Å². The molecule has 3 nitrogen and oxygen atoms in total. The molecule has 0 aromatic carbocycles. The van der Waals surface area contributed by atoms with Crippen molar-refractivity contribution in [2.75, 3.05) is 19.7 Å². The van der Waals surface area contributed by atoms with E-state index in [2.05, 4.69) is 11.0 Å². The Morgan fingerprint density at radius 2 is 2.08 bits per heavy atom. The Labute approximate surface area is 79.0 Å². The fourth-order valence-corrected chi connectivity index (χ4v) is 2.24. The second kappa shape index (κ2) is 3.65. The van der Waals surface area contributed by atoms with Gasteiger partial charge in [-0.05, 0) is 38.3 Å². The molecule has 72 valence electrons. The van der Waals surface area contributed by atoms with Crippen LogP contribution in [0.5, 0.6) is 0 Å². The Kier molecular flexibility index (Phi) is 2.52. The molecule has 1 heterocycles. The predicted molar refractivity (Wildman–Crippen MR) is 48.9 cm³/mol. The van der Waals surface area contributed by atoms with E-state index in [9.17, 15) is 0 Å². The monoisotopic (exact) mass is 180 g/mol. The highest BCUT2D eigenvalue weighted by Gasteiger charge is 2.41. The van der Waals surface area contributed by atoms with Crippen LogP contribution in [0.3, 0.4) is 0 Å². The van der Waals surface area contributed by atoms with Gasteiger partial charge < -0.3 is 5.11 Å². The van der Waals surface area contributed by atoms with Crippen LogP contribution in [0.4, 0.5) is 0 Å². The molecule has 13 heavy (non-hydrogen) atoms. The van der Waals surface area contributed by atoms with Crippen LogP contribution in [0.2, 0.25) is 0 Å². The largest absolute Gasteiger partial charge is 0.396 e. The van der Waals surface area contributed by atoms with E-state index in [-0.39, 0.29) is 5.92 Å². The van der Waals surface area contributed by atoms with Gasteiger partial charge in [-0.2, -0.15) is 5.26 Å². The lowest BCUT2D eigenvalue weighted by Crippen LogP contribution is -2.36. The minimum absolute atomic E-state index is 0.280. The van der Waals surface area contributed by atoms with Crippen molar-refractivity contribution >= 4 is 0 Å². The van der Waals surface area contributed by atoms with Crippen LogP contribution in [0.25, 0.3) is 0 Å². The summed E-state index contributed by atoms with van der Waals surface area (Å²) in [6.45, 7) is 2.45. The first-order valence-corrected chi connectivity index (χ1v) is 5.09. The summed E-state index contributed by atoms with van der Waals surface area (Å²) in [5, 5.41) is 17.6. The fourth-order valence-electron chi connectivity index (χ4n) is 2.24. The average molecular weight is 180 g/mol. The van der Waals surface area contributed by atoms with Gasteiger partial charge in [0.2, 0.25) is 0 Å². The number of aliphatic hydroxyl groups excluding tert-OH is 1. The van der Waals surface area contributed by atoms with Crippen molar-refractivity contribution in [2.24, 2.45) is 11.8 Å². The van der Waals surface area contributed by atoms with E-state index < -0.39 is 0 Å². The van der Waals surface area contributed by atoms with Gasteiger partial charge in [0.25, 0.3) is 0 Å². The minimum Gasteiger partial charge on any atom is -0.396 e. The highest BCUT2D eigenvalue weighted by atomic mass is 16.3. The maximum atomic E-state index is 8.93. The van der Waals surface area contributed by atoms with Gasteiger partial charge in [0, 0.05) is 18.6 Å². The van der Waals surface area contributed by atoms with Crippen LogP contribution in [-0.2, 0) is 0 Å². The molecule has 2 aliphatic rings. The quantitative estimate of drug-likeness (QED) is 0.677. The zero-order valence-corrected chi connectivity index (χ0v) is 7.82. The third kappa shape index (κ3) is 1.84. The molecule has 1 saturated carbocycles. The number of hydrogen-bond donors (Lipinski definition) is 1. The molecule has 2 atom stereocenters. The molecule has 3 heteroatoms. The summed E-state index contributed by atoms with van der Waals surface area (Å²) in [6, 6.07) is 2.96. The van der Waals surface area contributed by atoms with E-state index in [0.717, 1.165) is 32.4 Å². The van der Waals surface area contributed by atoms with Gasteiger partial charge in [-0.25, -0.2) is 0 Å². The topological polar surface area (TPSA) is 47.3 Å². The predicted octanol–water partition coefficient (Wildman–Crippen LogP) is 0.603. The van der Waals surface area contributed by atoms with Crippen molar-refractivity contribution < 1.29 is 5.11 Å². The summed E-state index contributed by atoms with van der Waals surface area (Å²) < 4.78 is 0. The van der Waals surface area contributed by atoms with Gasteiger partial charge in [0.05, 0.1) is 6.07 Å². The number of piperidine rings is 1. The summed E-state index contributed by atoms with van der Waals surface area (Å²) in [4.78, 5) is 2.44. The summed E-state index contributed by atoms with van der Waals surface area (Å²) in [7, 11) is 0. The standard InChI is InChI=1S/C10H16N2O/c11-6-8-1-3-12(4-2-8)10-5-9(10)7-13/h8-10,13H,1-5,7H2. The lowest BCUT2D eigenvalue weighted by Gasteiger charge is -2.29. The molecule has 1 aliphatic carbocycles. The Morgan fingerprint density at radius 1 is 1.38 bits per heavy atom. The van der Waals surface area contributed by atoms with E-state index >= 15 is 0 Å². The molecule has 2 rings (SSSR count). The van der Waals surface area contributed by atoms with Crippen molar-refractivity contribution in [1.29, 1.82) is 5.26 Å². The van der Waals surface area contributed by atoms with Crippen LogP contribution in [0.15, 0.2) is 0 Å². The SMILES string of the molecule is N#CC1CCN(C2CC2CO)CC1. The molecule has 0 aromatic rings. The first-order chi connectivity index (χ1) is 6.35. The van der Waals surface area contributed by atoms with Crippen LogP contribution >= 0.6 is 0 Å². The second-order valence-electron chi connectivity index (χ2n) is 4.19. The maximum Gasteiger partial charge on any atom is 0.0656 e. The summed E-state index contributed by atoms with van der Waals surface area (Å²) >= 11 is 0. The molecule has 0 bridgehead atoms. The molecule has 1 saturated heterocycles. The molecule has 1 N–H and O–H groups in total. The van der Waals surface area contributed by atoms with Crippen molar-refractivity contribution in [3.05, 3.63) is 0 Å². The van der Waals surface area contributed by atoms with Crippen LogP contribution < -0.4 is 0 Å². The first-order valence-electron chi connectivity index (χ1n) is 5.09. The van der Waals surface area contributed by atoms with Crippen LogP contribution in [0.1, 0.15) is 19.3 Å². The van der Waals surface area contributed by atoms with Crippen molar-refractivity contribution in [1.82, 2.24) is 4.90 Å². The molecular formula is C10H16N2O. The number of hydrogen-bond acceptors (Lipinski definition) is 3. The zero-order chi connectivity index (χ0) is 9.26. The van der Waals surface area contributed by atoms with Crippen LogP contribution in [-0.4, -0.2) is 35.7 Å². The van der Waals surface area contributed by atoms with Crippen molar-refractivity contribution in [3.63, 3.8) is 0 Å². The molecule has 0 amide bonds. The van der Waals surface area contributed by atoms with Gasteiger partial charge >= 0.3 is 0 Å². The number of aliphatic hydroxyl groups is 1. The van der Waals surface area contributed by atoms with Gasteiger partial charge in [0.15, 0.2) is 0 Å². The van der Waals surface area contributed by atoms with Crippen molar-refractivity contribution in [2.45, 2.75) is 25.3 Å². The summed E-state index contributed by atoms with van der Waals surface area (Å²) in [5.41, 5.74) is 0. The van der Waals surface area contributed by atoms with E-state index in [4.69, 9.17) is 10.4 Å². The third-order valence-electron chi connectivity index (χ3n) is 3.30. The second-order valence-corrected chi connectivity index (χ2v) is 4.19. The minimum atomic E-state index is 0.280. The molecule has 0 spiro atoms. The number of nitrogens with zero attached hydrogens (tertiary/aromatic N) is 2. The first kappa shape index (κ1) is 8.98. The molecule has 0 aromatic heterocycles. The van der Waals surface area contributed by atoms with Gasteiger partial charge in [-0.3, -0.25) is 4.90 Å². The third-order valence-corrected chi connectivity index (χ3v) is 3.30. The molecule has 2 unspecified atom stereocenters. The maximum absolute atomic E-state index is 8.93. The fraction of sp³-hybridized carbons (Fsp3) is 0.900. The summed E-state index contributed by atoms with van der Waals surface area (Å²) in [6.07, 6.45) is 3.20. The molecule has 2 fully saturated rings. The number of rotatable bonds is 2. The van der Waals surface area contributed by atoms with E-state index in [1.807, 2.05) is 0 Å². The van der Waals surface area contributed by atoms with Gasteiger partial charge in [-0.15, -0.1) is 0 Å². The van der Waals surface area contributed by atoms with E-state index in [1.165, 1.54) is 0 Å². The van der Waals surface area contributed by atoms with Gasteiger partial charge in [-0.1, -0.05) is 0 Å². The zero-order valence-electron chi connectivity index (χ0n) is 7.82. The normalized spacial score (nSPS) is 35.7. The Morgan fingerprint density at radius 3 is 2.54 bits per heavy atom. The Hall–Kier alpha value is -0.590. The lowest BCUT2D eigenvalue weighted by molar-refractivity contribution is 0.173. The molecule has 1 aliphatic heterocycles. The highest BCUT2D eigenvalue weighted by molar-refractivity contribution is 4.97. The molecule has 0 radical (unpaired) electrons. The Bertz CT molecular complexity index is 215. The highest BCUT2D eigenvalue weighted by Crippen LogP contribution is 2.37. The number of nitriles is 1. The lowest BCUT2D eigenvalue weighted by atomic mass is 9.98. The van der Waals surface area contributed by atoms with Gasteiger partial charge in [0.1, 0.15) is 0 Å². The summed E-state index contributed by atoms with van der Waals surface area (Å²) in [5.74, 6) is 0.807. The Balaban J connectivity index is 1.77. The smallest absolute Gasteiger partial charge is 0.0656 e.